The highest BCUT2D eigenvalue weighted by atomic mass is 16.5. The molecule has 0 spiro atoms. The zero-order valence-electron chi connectivity index (χ0n) is 12.0. The fraction of sp³-hybridized carbons (Fsp3) is 0.111. The van der Waals surface area contributed by atoms with Gasteiger partial charge >= 0.3 is 0 Å². The lowest BCUT2D eigenvalue weighted by Crippen LogP contribution is -1.98. The monoisotopic (exact) mass is 294 g/mol. The third-order valence-electron chi connectivity index (χ3n) is 3.90. The molecular formula is C18H14O4. The summed E-state index contributed by atoms with van der Waals surface area (Å²) in [6, 6.07) is 10.9. The zero-order chi connectivity index (χ0) is 15.3. The van der Waals surface area contributed by atoms with E-state index in [4.69, 9.17) is 9.15 Å². The third kappa shape index (κ3) is 1.77. The van der Waals surface area contributed by atoms with E-state index in [0.717, 1.165) is 22.3 Å². The summed E-state index contributed by atoms with van der Waals surface area (Å²) in [5, 5.41) is 21.2. The summed E-state index contributed by atoms with van der Waals surface area (Å²) in [7, 11) is 0. The highest BCUT2D eigenvalue weighted by Crippen LogP contribution is 2.46. The largest absolute Gasteiger partial charge is 0.504 e. The van der Waals surface area contributed by atoms with Crippen molar-refractivity contribution in [1.82, 2.24) is 0 Å². The molecule has 110 valence electrons. The quantitative estimate of drug-likeness (QED) is 0.653. The molecule has 2 N–H and O–H groups in total. The van der Waals surface area contributed by atoms with Crippen LogP contribution in [-0.4, -0.2) is 10.2 Å². The molecule has 0 unspecified atom stereocenters. The number of rotatable bonds is 1. The first-order valence-electron chi connectivity index (χ1n) is 7.02. The van der Waals surface area contributed by atoms with Crippen LogP contribution in [0.5, 0.6) is 11.5 Å². The highest BCUT2D eigenvalue weighted by Gasteiger charge is 2.24. The fourth-order valence-corrected chi connectivity index (χ4v) is 2.88. The summed E-state index contributed by atoms with van der Waals surface area (Å²) in [6.07, 6.45) is 1.82. The number of allylic oxidation sites excluding steroid dienone is 1. The maximum absolute atomic E-state index is 10.4. The minimum absolute atomic E-state index is 0.145. The molecule has 2 heterocycles. The first-order valence-corrected chi connectivity index (χ1v) is 7.02. The fourth-order valence-electron chi connectivity index (χ4n) is 2.88. The van der Waals surface area contributed by atoms with Gasteiger partial charge in [-0.25, -0.2) is 0 Å². The summed E-state index contributed by atoms with van der Waals surface area (Å²) in [6.45, 7) is 2.25. The van der Waals surface area contributed by atoms with E-state index in [1.54, 1.807) is 0 Å². The van der Waals surface area contributed by atoms with E-state index in [2.05, 4.69) is 0 Å². The van der Waals surface area contributed by atoms with Crippen LogP contribution in [0.2, 0.25) is 0 Å². The van der Waals surface area contributed by atoms with E-state index >= 15 is 0 Å². The Kier molecular flexibility index (Phi) is 2.66. The van der Waals surface area contributed by atoms with E-state index in [0.29, 0.717) is 23.5 Å². The smallest absolute Gasteiger partial charge is 0.166 e. The maximum atomic E-state index is 10.4. The molecule has 3 aromatic rings. The second kappa shape index (κ2) is 4.56. The summed E-state index contributed by atoms with van der Waals surface area (Å²) < 4.78 is 11.4. The van der Waals surface area contributed by atoms with Gasteiger partial charge in [-0.15, -0.1) is 0 Å². The Bertz CT molecular complexity index is 904. The molecule has 0 saturated heterocycles. The van der Waals surface area contributed by atoms with Crippen molar-refractivity contribution in [3.8, 4) is 22.6 Å². The van der Waals surface area contributed by atoms with Gasteiger partial charge in [-0.2, -0.15) is 0 Å². The van der Waals surface area contributed by atoms with Crippen LogP contribution in [0.4, 0.5) is 0 Å². The van der Waals surface area contributed by atoms with Crippen LogP contribution < -0.4 is 0 Å². The van der Waals surface area contributed by atoms with Gasteiger partial charge in [0.25, 0.3) is 0 Å². The average Bonchev–Trinajstić information content (AvgIpc) is 2.86. The predicted molar refractivity (Wildman–Crippen MR) is 83.4 cm³/mol. The molecule has 0 saturated carbocycles. The van der Waals surface area contributed by atoms with Crippen LogP contribution >= 0.6 is 0 Å². The van der Waals surface area contributed by atoms with Gasteiger partial charge in [-0.05, 0) is 12.5 Å². The Morgan fingerprint density at radius 1 is 1.09 bits per heavy atom. The van der Waals surface area contributed by atoms with Gasteiger partial charge in [0, 0.05) is 28.7 Å². The van der Waals surface area contributed by atoms with E-state index in [1.165, 1.54) is 6.07 Å². The van der Waals surface area contributed by atoms with Crippen molar-refractivity contribution in [1.29, 1.82) is 0 Å². The maximum Gasteiger partial charge on any atom is 0.166 e. The Morgan fingerprint density at radius 2 is 1.86 bits per heavy atom. The van der Waals surface area contributed by atoms with Gasteiger partial charge in [0.1, 0.15) is 18.0 Å². The molecule has 1 aliphatic rings. The number of hydrogen-bond acceptors (Lipinski definition) is 4. The van der Waals surface area contributed by atoms with Gasteiger partial charge in [0.15, 0.2) is 11.5 Å². The summed E-state index contributed by atoms with van der Waals surface area (Å²) in [5.41, 5.74) is 2.80. The number of aromatic hydroxyl groups is 2. The number of benzene rings is 2. The van der Waals surface area contributed by atoms with Crippen molar-refractivity contribution in [3.63, 3.8) is 0 Å². The van der Waals surface area contributed by atoms with Crippen LogP contribution in [-0.2, 0) is 11.3 Å². The van der Waals surface area contributed by atoms with Crippen molar-refractivity contribution in [2.45, 2.75) is 13.5 Å². The van der Waals surface area contributed by atoms with Gasteiger partial charge in [0.2, 0.25) is 0 Å². The molecule has 0 aliphatic carbocycles. The van der Waals surface area contributed by atoms with Crippen LogP contribution in [0.3, 0.4) is 0 Å². The molecule has 22 heavy (non-hydrogen) atoms. The molecule has 4 nitrogen and oxygen atoms in total. The van der Waals surface area contributed by atoms with Crippen LogP contribution in [0.15, 0.2) is 46.6 Å². The number of phenols is 2. The zero-order valence-corrected chi connectivity index (χ0v) is 12.0. The minimum atomic E-state index is -0.195. The molecule has 2 aromatic carbocycles. The Hall–Kier alpha value is -2.88. The molecule has 0 fully saturated rings. The minimum Gasteiger partial charge on any atom is -0.504 e. The standard InChI is InChI=1S/C18H14O4/c1-10-7-14-12(9-21-10)17-15(22-14)8-13(19)18(20)16(17)11-5-3-2-4-6-11/h2-8,19-20H,9H2,1H3. The normalized spacial score (nSPS) is 13.6. The lowest BCUT2D eigenvalue weighted by atomic mass is 9.96. The van der Waals surface area contributed by atoms with Crippen molar-refractivity contribution >= 4 is 17.0 Å². The van der Waals surface area contributed by atoms with Crippen molar-refractivity contribution < 1.29 is 19.4 Å². The molecule has 1 aliphatic heterocycles. The van der Waals surface area contributed by atoms with Crippen LogP contribution in [0.1, 0.15) is 18.2 Å². The van der Waals surface area contributed by atoms with E-state index in [1.807, 2.05) is 43.3 Å². The van der Waals surface area contributed by atoms with Gasteiger partial charge in [0.05, 0.1) is 5.76 Å². The Labute approximate surface area is 126 Å². The Balaban J connectivity index is 2.13. The molecule has 1 aromatic heterocycles. The van der Waals surface area contributed by atoms with Crippen molar-refractivity contribution in [3.05, 3.63) is 53.5 Å². The topological polar surface area (TPSA) is 62.8 Å². The summed E-state index contributed by atoms with van der Waals surface area (Å²) >= 11 is 0. The van der Waals surface area contributed by atoms with Gasteiger partial charge < -0.3 is 19.4 Å². The second-order valence-corrected chi connectivity index (χ2v) is 5.35. The number of hydrogen-bond donors (Lipinski definition) is 2. The summed E-state index contributed by atoms with van der Waals surface area (Å²) in [4.78, 5) is 0. The lowest BCUT2D eigenvalue weighted by Gasteiger charge is -2.13. The molecule has 0 amide bonds. The van der Waals surface area contributed by atoms with E-state index in [9.17, 15) is 10.2 Å². The number of phenolic OH excluding ortho intramolecular Hbond substituents is 2. The first kappa shape index (κ1) is 12.8. The van der Waals surface area contributed by atoms with Gasteiger partial charge in [-0.1, -0.05) is 30.3 Å². The van der Waals surface area contributed by atoms with Crippen molar-refractivity contribution in [2.24, 2.45) is 0 Å². The molecule has 4 heteroatoms. The van der Waals surface area contributed by atoms with Crippen LogP contribution in [0.25, 0.3) is 28.2 Å². The predicted octanol–water partition coefficient (Wildman–Crippen LogP) is 4.40. The molecule has 0 bridgehead atoms. The highest BCUT2D eigenvalue weighted by molar-refractivity contribution is 6.02. The van der Waals surface area contributed by atoms with Crippen molar-refractivity contribution in [2.75, 3.05) is 0 Å². The molecule has 0 radical (unpaired) electrons. The number of furan rings is 1. The second-order valence-electron chi connectivity index (χ2n) is 5.35. The number of fused-ring (bicyclic) bond motifs is 3. The Morgan fingerprint density at radius 3 is 2.64 bits per heavy atom. The average molecular weight is 294 g/mol. The molecule has 0 atom stereocenters. The summed E-state index contributed by atoms with van der Waals surface area (Å²) in [5.74, 6) is 1.15. The van der Waals surface area contributed by atoms with Gasteiger partial charge in [-0.3, -0.25) is 0 Å². The van der Waals surface area contributed by atoms with E-state index in [-0.39, 0.29) is 11.5 Å². The van der Waals surface area contributed by atoms with Crippen LogP contribution in [0, 0.1) is 0 Å². The molecule has 4 rings (SSSR count). The lowest BCUT2D eigenvalue weighted by molar-refractivity contribution is 0.198. The third-order valence-corrected chi connectivity index (χ3v) is 3.90. The number of ether oxygens (including phenoxy) is 1. The molecular weight excluding hydrogens is 280 g/mol. The first-order chi connectivity index (χ1) is 10.6. The van der Waals surface area contributed by atoms with E-state index < -0.39 is 0 Å². The SMILES string of the molecule is CC1=Cc2oc3cc(O)c(O)c(-c4ccccc4)c3c2CO1.